The third-order valence-electron chi connectivity index (χ3n) is 7.80. The van der Waals surface area contributed by atoms with E-state index in [1.165, 1.54) is 38.5 Å². The molecule has 7 nitrogen and oxygen atoms in total. The van der Waals surface area contributed by atoms with Crippen LogP contribution < -0.4 is 9.47 Å². The van der Waals surface area contributed by atoms with Gasteiger partial charge in [-0.05, 0) is 66.8 Å². The first kappa shape index (κ1) is 35.9. The van der Waals surface area contributed by atoms with E-state index in [1.807, 2.05) is 18.2 Å². The van der Waals surface area contributed by atoms with Crippen LogP contribution in [0, 0.1) is 0 Å². The van der Waals surface area contributed by atoms with Crippen LogP contribution in [0.2, 0.25) is 0 Å². The summed E-state index contributed by atoms with van der Waals surface area (Å²) < 4.78 is 28.8. The maximum absolute atomic E-state index is 12.0. The van der Waals surface area contributed by atoms with E-state index in [4.69, 9.17) is 23.7 Å². The second-order valence-corrected chi connectivity index (χ2v) is 11.9. The van der Waals surface area contributed by atoms with Gasteiger partial charge in [0, 0.05) is 30.4 Å². The molecule has 1 atom stereocenters. The van der Waals surface area contributed by atoms with Crippen LogP contribution in [0.1, 0.15) is 89.7 Å². The van der Waals surface area contributed by atoms with Crippen molar-refractivity contribution in [2.75, 3.05) is 33.0 Å². The molecule has 0 bridgehead atoms. The Morgan fingerprint density at radius 1 is 0.756 bits per heavy atom. The van der Waals surface area contributed by atoms with Gasteiger partial charge in [0.1, 0.15) is 17.6 Å². The fourth-order valence-electron chi connectivity index (χ4n) is 5.12. The van der Waals surface area contributed by atoms with E-state index in [9.17, 15) is 9.59 Å². The minimum Gasteiger partial charge on any atom is -0.493 e. The van der Waals surface area contributed by atoms with Crippen LogP contribution in [-0.4, -0.2) is 51.1 Å². The number of carbonyl (C=O) groups is 2. The highest BCUT2D eigenvalue weighted by Gasteiger charge is 2.20. The zero-order valence-corrected chi connectivity index (χ0v) is 27.6. The Hall–Kier alpha value is -3.58. The van der Waals surface area contributed by atoms with Crippen LogP contribution >= 0.6 is 0 Å². The molecule has 7 heteroatoms. The van der Waals surface area contributed by atoms with Crippen molar-refractivity contribution in [2.45, 2.75) is 97.5 Å². The Kier molecular flexibility index (Phi) is 15.7. The molecule has 0 aromatic heterocycles. The second kappa shape index (κ2) is 19.7. The molecule has 45 heavy (non-hydrogen) atoms. The zero-order chi connectivity index (χ0) is 32.4. The SMILES string of the molecule is C=C(C)C(=O)OCCc1cc(-c2ccc(OC3CCOC3)c(CCOC(=O)C(=C)C)c2)ccc1OCCCCCCCCCC. The molecule has 0 spiro atoms. The number of hydrogen-bond donors (Lipinski definition) is 0. The van der Waals surface area contributed by atoms with E-state index in [0.717, 1.165) is 53.0 Å². The summed E-state index contributed by atoms with van der Waals surface area (Å²) in [4.78, 5) is 24.0. The molecule has 1 aliphatic heterocycles. The van der Waals surface area contributed by atoms with Crippen LogP contribution in [-0.2, 0) is 36.6 Å². The molecule has 0 amide bonds. The molecule has 1 saturated heterocycles. The molecule has 0 saturated carbocycles. The van der Waals surface area contributed by atoms with Gasteiger partial charge in [-0.2, -0.15) is 0 Å². The molecule has 1 fully saturated rings. The molecule has 0 N–H and O–H groups in total. The van der Waals surface area contributed by atoms with E-state index >= 15 is 0 Å². The van der Waals surface area contributed by atoms with Crippen molar-refractivity contribution in [3.8, 4) is 22.6 Å². The summed E-state index contributed by atoms with van der Waals surface area (Å²) in [6.45, 7) is 15.2. The van der Waals surface area contributed by atoms with Crippen molar-refractivity contribution < 1.29 is 33.3 Å². The molecule has 0 aliphatic carbocycles. The van der Waals surface area contributed by atoms with Gasteiger partial charge in [-0.3, -0.25) is 0 Å². The highest BCUT2D eigenvalue weighted by atomic mass is 16.5. The van der Waals surface area contributed by atoms with Crippen LogP contribution in [0.5, 0.6) is 11.5 Å². The first-order chi connectivity index (χ1) is 21.8. The Balaban J connectivity index is 1.74. The number of rotatable bonds is 21. The van der Waals surface area contributed by atoms with Crippen molar-refractivity contribution in [1.82, 2.24) is 0 Å². The van der Waals surface area contributed by atoms with Crippen LogP contribution in [0.25, 0.3) is 11.1 Å². The number of carbonyl (C=O) groups excluding carboxylic acids is 2. The van der Waals surface area contributed by atoms with Gasteiger partial charge >= 0.3 is 11.9 Å². The number of hydrogen-bond acceptors (Lipinski definition) is 7. The van der Waals surface area contributed by atoms with Gasteiger partial charge < -0.3 is 23.7 Å². The number of benzene rings is 2. The van der Waals surface area contributed by atoms with Crippen molar-refractivity contribution in [1.29, 1.82) is 0 Å². The van der Waals surface area contributed by atoms with Crippen molar-refractivity contribution in [3.63, 3.8) is 0 Å². The smallest absolute Gasteiger partial charge is 0.333 e. The van der Waals surface area contributed by atoms with Gasteiger partial charge in [0.2, 0.25) is 0 Å². The molecular weight excluding hydrogens is 568 g/mol. The molecule has 1 heterocycles. The van der Waals surface area contributed by atoms with Crippen molar-refractivity contribution in [3.05, 3.63) is 71.8 Å². The van der Waals surface area contributed by atoms with Gasteiger partial charge in [0.15, 0.2) is 0 Å². The van der Waals surface area contributed by atoms with E-state index in [-0.39, 0.29) is 19.3 Å². The standard InChI is InChI=1S/C38H52O7/c1-6-7-8-9-10-11-12-13-21-42-35-16-14-30(25-32(35)18-23-43-37(39)28(2)3)31-15-17-36(45-34-20-22-41-27-34)33(26-31)19-24-44-38(40)29(4)5/h14-17,25-26,34H,2,4,6-13,18-24,27H2,1,3,5H3. The monoisotopic (exact) mass is 620 g/mol. The summed E-state index contributed by atoms with van der Waals surface area (Å²) in [6, 6.07) is 12.3. The predicted octanol–water partition coefficient (Wildman–Crippen LogP) is 8.36. The Labute approximate surface area is 269 Å². The molecule has 246 valence electrons. The normalized spacial score (nSPS) is 14.2. The zero-order valence-electron chi connectivity index (χ0n) is 27.6. The summed E-state index contributed by atoms with van der Waals surface area (Å²) in [5.41, 5.74) is 4.67. The summed E-state index contributed by atoms with van der Waals surface area (Å²) in [7, 11) is 0. The lowest BCUT2D eigenvalue weighted by molar-refractivity contribution is -0.139. The summed E-state index contributed by atoms with van der Waals surface area (Å²) in [5.74, 6) is 0.768. The minimum absolute atomic E-state index is 0.00132. The molecule has 1 aliphatic rings. The van der Waals surface area contributed by atoms with Gasteiger partial charge in [-0.15, -0.1) is 0 Å². The fourth-order valence-corrected chi connectivity index (χ4v) is 5.12. The first-order valence-electron chi connectivity index (χ1n) is 16.6. The van der Waals surface area contributed by atoms with Gasteiger partial charge in [0.25, 0.3) is 0 Å². The molecule has 2 aromatic rings. The topological polar surface area (TPSA) is 80.3 Å². The average Bonchev–Trinajstić information content (AvgIpc) is 3.54. The number of esters is 2. The van der Waals surface area contributed by atoms with Crippen LogP contribution in [0.15, 0.2) is 60.7 Å². The molecular formula is C38H52O7. The van der Waals surface area contributed by atoms with E-state index in [0.29, 0.717) is 43.8 Å². The lowest BCUT2D eigenvalue weighted by Gasteiger charge is -2.18. The summed E-state index contributed by atoms with van der Waals surface area (Å²) in [6.07, 6.45) is 11.8. The highest BCUT2D eigenvalue weighted by molar-refractivity contribution is 5.87. The quantitative estimate of drug-likeness (QED) is 0.0788. The van der Waals surface area contributed by atoms with Gasteiger partial charge in [-0.1, -0.05) is 77.2 Å². The first-order valence-corrected chi connectivity index (χ1v) is 16.6. The van der Waals surface area contributed by atoms with E-state index < -0.39 is 11.9 Å². The Morgan fingerprint density at radius 2 is 1.29 bits per heavy atom. The fraction of sp³-hybridized carbons (Fsp3) is 0.526. The highest BCUT2D eigenvalue weighted by Crippen LogP contribution is 2.32. The third-order valence-corrected chi connectivity index (χ3v) is 7.80. The maximum Gasteiger partial charge on any atom is 0.333 e. The van der Waals surface area contributed by atoms with Crippen LogP contribution in [0.4, 0.5) is 0 Å². The van der Waals surface area contributed by atoms with Gasteiger partial charge in [0.05, 0.1) is 33.0 Å². The maximum atomic E-state index is 12.0. The Morgan fingerprint density at radius 3 is 1.82 bits per heavy atom. The molecule has 2 aromatic carbocycles. The number of ether oxygens (including phenoxy) is 5. The Bertz CT molecular complexity index is 1260. The summed E-state index contributed by atoms with van der Waals surface area (Å²) in [5, 5.41) is 0. The van der Waals surface area contributed by atoms with Crippen molar-refractivity contribution >= 4 is 11.9 Å². The van der Waals surface area contributed by atoms with Gasteiger partial charge in [-0.25, -0.2) is 9.59 Å². The minimum atomic E-state index is -0.405. The molecule has 3 rings (SSSR count). The largest absolute Gasteiger partial charge is 0.493 e. The van der Waals surface area contributed by atoms with E-state index in [2.05, 4.69) is 38.3 Å². The summed E-state index contributed by atoms with van der Waals surface area (Å²) >= 11 is 0. The van der Waals surface area contributed by atoms with E-state index in [1.54, 1.807) is 13.8 Å². The van der Waals surface area contributed by atoms with Crippen LogP contribution in [0.3, 0.4) is 0 Å². The third kappa shape index (κ3) is 12.7. The lowest BCUT2D eigenvalue weighted by atomic mass is 9.98. The lowest BCUT2D eigenvalue weighted by Crippen LogP contribution is -2.17. The average molecular weight is 621 g/mol. The molecule has 0 radical (unpaired) electrons. The predicted molar refractivity (Wildman–Crippen MR) is 179 cm³/mol. The molecule has 1 unspecified atom stereocenters. The second-order valence-electron chi connectivity index (χ2n) is 11.9. The van der Waals surface area contributed by atoms with Crippen molar-refractivity contribution in [2.24, 2.45) is 0 Å². The number of unbranched alkanes of at least 4 members (excludes halogenated alkanes) is 7.